The quantitative estimate of drug-likeness (QED) is 0.760. The summed E-state index contributed by atoms with van der Waals surface area (Å²) in [5, 5.41) is 5.39. The lowest BCUT2D eigenvalue weighted by Gasteiger charge is -2.09. The van der Waals surface area contributed by atoms with Crippen molar-refractivity contribution in [2.24, 2.45) is 7.05 Å². The molecule has 2 rings (SSSR count). The number of rotatable bonds is 5. The van der Waals surface area contributed by atoms with Gasteiger partial charge in [0.25, 0.3) is 0 Å². The van der Waals surface area contributed by atoms with Gasteiger partial charge in [0.2, 0.25) is 5.88 Å². The summed E-state index contributed by atoms with van der Waals surface area (Å²) in [6.45, 7) is 1.65. The van der Waals surface area contributed by atoms with Gasteiger partial charge in [0.1, 0.15) is 0 Å². The van der Waals surface area contributed by atoms with Crippen molar-refractivity contribution < 1.29 is 14.3 Å². The third kappa shape index (κ3) is 3.69. The van der Waals surface area contributed by atoms with Crippen LogP contribution in [-0.4, -0.2) is 29.5 Å². The summed E-state index contributed by atoms with van der Waals surface area (Å²) in [4.78, 5) is 12.7. The summed E-state index contributed by atoms with van der Waals surface area (Å²) in [6, 6.07) is 5.30. The van der Waals surface area contributed by atoms with Gasteiger partial charge in [-0.2, -0.15) is 5.10 Å². The summed E-state index contributed by atoms with van der Waals surface area (Å²) in [5.41, 5.74) is 0.753. The third-order valence-electron chi connectivity index (χ3n) is 2.79. The van der Waals surface area contributed by atoms with E-state index in [4.69, 9.17) is 27.9 Å². The standard InChI is InChI=1S/C14H14Cl2N2O3S/c1-8-12(22-13-9(15)5-4-6-10(13)16)14(18(2)17-8)21-7-11(19)20-3/h4-6H,7H2,1-3H3. The molecule has 0 unspecified atom stereocenters. The SMILES string of the molecule is COC(=O)COc1c(Sc2c(Cl)cccc2Cl)c(C)nn1C. The molecule has 0 fully saturated rings. The van der Waals surface area contributed by atoms with Crippen LogP contribution in [-0.2, 0) is 16.6 Å². The van der Waals surface area contributed by atoms with Crippen molar-refractivity contribution >= 4 is 40.9 Å². The highest BCUT2D eigenvalue weighted by molar-refractivity contribution is 7.99. The number of esters is 1. The molecule has 2 aromatic rings. The van der Waals surface area contributed by atoms with Crippen molar-refractivity contribution in [1.82, 2.24) is 9.78 Å². The molecule has 0 aliphatic carbocycles. The fourth-order valence-electron chi connectivity index (χ4n) is 1.76. The molecule has 0 aliphatic rings. The van der Waals surface area contributed by atoms with E-state index in [2.05, 4.69) is 9.84 Å². The van der Waals surface area contributed by atoms with Crippen LogP contribution in [0.2, 0.25) is 10.0 Å². The van der Waals surface area contributed by atoms with Crippen LogP contribution in [0.4, 0.5) is 0 Å². The Morgan fingerprint density at radius 3 is 2.55 bits per heavy atom. The van der Waals surface area contributed by atoms with E-state index in [0.29, 0.717) is 20.8 Å². The van der Waals surface area contributed by atoms with E-state index < -0.39 is 5.97 Å². The maximum atomic E-state index is 11.3. The normalized spacial score (nSPS) is 10.6. The molecule has 8 heteroatoms. The van der Waals surface area contributed by atoms with E-state index in [9.17, 15) is 4.79 Å². The number of benzene rings is 1. The zero-order chi connectivity index (χ0) is 16.3. The predicted octanol–water partition coefficient (Wildman–Crippen LogP) is 3.74. The number of aryl methyl sites for hydroxylation is 2. The average molecular weight is 361 g/mol. The predicted molar refractivity (Wildman–Crippen MR) is 86.0 cm³/mol. The number of ether oxygens (including phenoxy) is 2. The number of halogens is 2. The number of aromatic nitrogens is 2. The Morgan fingerprint density at radius 2 is 1.95 bits per heavy atom. The Balaban J connectivity index is 2.32. The molecule has 118 valence electrons. The van der Waals surface area contributed by atoms with Gasteiger partial charge in [0, 0.05) is 11.9 Å². The average Bonchev–Trinajstić information content (AvgIpc) is 2.74. The summed E-state index contributed by atoms with van der Waals surface area (Å²) in [7, 11) is 3.04. The zero-order valence-corrected chi connectivity index (χ0v) is 14.6. The minimum Gasteiger partial charge on any atom is -0.466 e. The second-order valence-corrected chi connectivity index (χ2v) is 6.20. The first kappa shape index (κ1) is 17.0. The van der Waals surface area contributed by atoms with E-state index in [1.54, 1.807) is 29.9 Å². The number of methoxy groups -OCH3 is 1. The van der Waals surface area contributed by atoms with Crippen molar-refractivity contribution in [2.45, 2.75) is 16.7 Å². The Hall–Kier alpha value is -1.37. The first-order valence-corrected chi connectivity index (χ1v) is 7.86. The number of hydrogen-bond donors (Lipinski definition) is 0. The lowest BCUT2D eigenvalue weighted by Crippen LogP contribution is -2.14. The smallest absolute Gasteiger partial charge is 0.343 e. The molecular weight excluding hydrogens is 347 g/mol. The molecule has 22 heavy (non-hydrogen) atoms. The van der Waals surface area contributed by atoms with Gasteiger partial charge in [0.15, 0.2) is 6.61 Å². The highest BCUT2D eigenvalue weighted by Gasteiger charge is 2.19. The van der Waals surface area contributed by atoms with E-state index >= 15 is 0 Å². The van der Waals surface area contributed by atoms with Crippen LogP contribution in [0.3, 0.4) is 0 Å². The highest BCUT2D eigenvalue weighted by Crippen LogP contribution is 2.43. The molecule has 1 aromatic carbocycles. The zero-order valence-electron chi connectivity index (χ0n) is 12.2. The molecule has 0 radical (unpaired) electrons. The van der Waals surface area contributed by atoms with Gasteiger partial charge in [0.05, 0.1) is 27.7 Å². The van der Waals surface area contributed by atoms with Gasteiger partial charge in [-0.3, -0.25) is 0 Å². The Bertz CT molecular complexity index is 683. The van der Waals surface area contributed by atoms with Crippen molar-refractivity contribution in [3.63, 3.8) is 0 Å². The van der Waals surface area contributed by atoms with Gasteiger partial charge in [-0.1, -0.05) is 41.0 Å². The Morgan fingerprint density at radius 1 is 1.32 bits per heavy atom. The van der Waals surface area contributed by atoms with Crippen LogP contribution in [0.1, 0.15) is 5.69 Å². The molecule has 0 N–H and O–H groups in total. The fourth-order valence-corrected chi connectivity index (χ4v) is 3.39. The van der Waals surface area contributed by atoms with E-state index in [1.807, 2.05) is 6.92 Å². The molecule has 0 amide bonds. The Labute approximate surface area is 142 Å². The molecule has 1 aromatic heterocycles. The van der Waals surface area contributed by atoms with Crippen LogP contribution in [0.15, 0.2) is 28.0 Å². The lowest BCUT2D eigenvalue weighted by molar-refractivity contribution is -0.143. The second kappa shape index (κ2) is 7.26. The molecule has 0 spiro atoms. The van der Waals surface area contributed by atoms with Crippen molar-refractivity contribution in [3.8, 4) is 5.88 Å². The number of carbonyl (C=O) groups is 1. The van der Waals surface area contributed by atoms with Gasteiger partial charge in [-0.15, -0.1) is 0 Å². The highest BCUT2D eigenvalue weighted by atomic mass is 35.5. The van der Waals surface area contributed by atoms with Crippen LogP contribution < -0.4 is 4.74 Å². The molecule has 0 bridgehead atoms. The molecule has 0 saturated carbocycles. The third-order valence-corrected chi connectivity index (χ3v) is 4.97. The first-order chi connectivity index (χ1) is 10.4. The molecule has 5 nitrogen and oxygen atoms in total. The van der Waals surface area contributed by atoms with Gasteiger partial charge >= 0.3 is 5.97 Å². The van der Waals surface area contributed by atoms with Crippen molar-refractivity contribution in [1.29, 1.82) is 0 Å². The summed E-state index contributed by atoms with van der Waals surface area (Å²) in [5.74, 6) is -0.00512. The van der Waals surface area contributed by atoms with Crippen LogP contribution in [0, 0.1) is 6.92 Å². The maximum Gasteiger partial charge on any atom is 0.343 e. The van der Waals surface area contributed by atoms with Gasteiger partial charge < -0.3 is 9.47 Å². The van der Waals surface area contributed by atoms with Crippen LogP contribution >= 0.6 is 35.0 Å². The largest absolute Gasteiger partial charge is 0.466 e. The molecule has 1 heterocycles. The summed E-state index contributed by atoms with van der Waals surface area (Å²) < 4.78 is 11.6. The Kier molecular flexibility index (Phi) is 5.61. The van der Waals surface area contributed by atoms with Gasteiger partial charge in [-0.05, 0) is 19.1 Å². The van der Waals surface area contributed by atoms with E-state index in [1.165, 1.54) is 18.9 Å². The number of carbonyl (C=O) groups excluding carboxylic acids is 1. The minimum atomic E-state index is -0.467. The minimum absolute atomic E-state index is 0.195. The topological polar surface area (TPSA) is 53.4 Å². The number of nitrogens with zero attached hydrogens (tertiary/aromatic N) is 2. The molecule has 0 atom stereocenters. The maximum absolute atomic E-state index is 11.3. The summed E-state index contributed by atoms with van der Waals surface area (Å²) in [6.07, 6.45) is 0. The number of hydrogen-bond acceptors (Lipinski definition) is 5. The van der Waals surface area contributed by atoms with Crippen LogP contribution in [0.5, 0.6) is 5.88 Å². The lowest BCUT2D eigenvalue weighted by atomic mass is 10.4. The first-order valence-electron chi connectivity index (χ1n) is 6.29. The van der Waals surface area contributed by atoms with E-state index in [0.717, 1.165) is 10.6 Å². The van der Waals surface area contributed by atoms with Crippen molar-refractivity contribution in [3.05, 3.63) is 33.9 Å². The molecule has 0 aliphatic heterocycles. The second-order valence-electron chi connectivity index (χ2n) is 4.36. The van der Waals surface area contributed by atoms with Gasteiger partial charge in [-0.25, -0.2) is 9.48 Å². The molecular formula is C14H14Cl2N2O3S. The van der Waals surface area contributed by atoms with Crippen LogP contribution in [0.25, 0.3) is 0 Å². The monoisotopic (exact) mass is 360 g/mol. The molecule has 0 saturated heterocycles. The van der Waals surface area contributed by atoms with E-state index in [-0.39, 0.29) is 6.61 Å². The fraction of sp³-hybridized carbons (Fsp3) is 0.286. The summed E-state index contributed by atoms with van der Waals surface area (Å²) >= 11 is 13.7. The van der Waals surface area contributed by atoms with Crippen molar-refractivity contribution in [2.75, 3.05) is 13.7 Å².